The molecule has 2 N–H and O–H groups in total. The number of hydrogen-bond donors (Lipinski definition) is 2. The fraction of sp³-hybridized carbons (Fsp3) is 0.273. The second kappa shape index (κ2) is 9.44. The van der Waals surface area contributed by atoms with Crippen LogP contribution < -0.4 is 5.48 Å². The number of nitrogens with one attached hydrogen (secondary N) is 1. The summed E-state index contributed by atoms with van der Waals surface area (Å²) in [5, 5.41) is 9.65. The van der Waals surface area contributed by atoms with E-state index in [0.717, 1.165) is 41.9 Å². The van der Waals surface area contributed by atoms with E-state index in [1.165, 1.54) is 16.0 Å². The Morgan fingerprint density at radius 3 is 2.44 bits per heavy atom. The summed E-state index contributed by atoms with van der Waals surface area (Å²) in [6, 6.07) is 18.9. The average molecular weight is 381 g/mol. The second-order valence-corrected chi connectivity index (χ2v) is 7.70. The molecule has 3 rings (SSSR count). The van der Waals surface area contributed by atoms with E-state index in [2.05, 4.69) is 43.3 Å². The molecule has 0 radical (unpaired) electrons. The van der Waals surface area contributed by atoms with Crippen LogP contribution in [0.5, 0.6) is 0 Å². The minimum atomic E-state index is -0.322. The standard InChI is InChI=1S/C22H24N2O2S/c1-16-12-14-18(15-13-16)22-21(17-8-4-2-5-9-17)23-20(27-22)11-7-3-6-10-19(25)24-26/h2,4-5,8-9,12-15,26H,3,6-7,10-11H2,1H3,(H,24,25). The highest BCUT2D eigenvalue weighted by Crippen LogP contribution is 2.37. The van der Waals surface area contributed by atoms with Gasteiger partial charge in [-0.05, 0) is 31.7 Å². The third-order valence-electron chi connectivity index (χ3n) is 4.45. The Morgan fingerprint density at radius 2 is 1.74 bits per heavy atom. The minimum absolute atomic E-state index is 0.322. The topological polar surface area (TPSA) is 62.2 Å². The molecule has 0 spiro atoms. The molecule has 0 atom stereocenters. The fourth-order valence-corrected chi connectivity index (χ4v) is 4.09. The minimum Gasteiger partial charge on any atom is -0.289 e. The van der Waals surface area contributed by atoms with Crippen LogP contribution in [0.3, 0.4) is 0 Å². The van der Waals surface area contributed by atoms with Crippen LogP contribution in [0.4, 0.5) is 0 Å². The summed E-state index contributed by atoms with van der Waals surface area (Å²) >= 11 is 1.75. The van der Waals surface area contributed by atoms with Gasteiger partial charge in [-0.15, -0.1) is 11.3 Å². The number of benzene rings is 2. The summed E-state index contributed by atoms with van der Waals surface area (Å²) in [6.45, 7) is 2.09. The van der Waals surface area contributed by atoms with Crippen LogP contribution in [0.1, 0.15) is 36.3 Å². The number of carbonyl (C=O) groups excluding carboxylic acids is 1. The molecule has 0 saturated carbocycles. The predicted octanol–water partition coefficient (Wildman–Crippen LogP) is 5.39. The highest BCUT2D eigenvalue weighted by Gasteiger charge is 2.14. The molecule has 0 fully saturated rings. The molecule has 5 heteroatoms. The molecule has 2 aromatic carbocycles. The lowest BCUT2D eigenvalue weighted by molar-refractivity contribution is -0.129. The highest BCUT2D eigenvalue weighted by atomic mass is 32.1. The summed E-state index contributed by atoms with van der Waals surface area (Å²) < 4.78 is 0. The van der Waals surface area contributed by atoms with Gasteiger partial charge in [0.05, 0.1) is 15.6 Å². The van der Waals surface area contributed by atoms with Crippen LogP contribution in [-0.4, -0.2) is 16.1 Å². The van der Waals surface area contributed by atoms with Crippen LogP contribution >= 0.6 is 11.3 Å². The van der Waals surface area contributed by atoms with Gasteiger partial charge in [-0.2, -0.15) is 0 Å². The molecule has 0 bridgehead atoms. The van der Waals surface area contributed by atoms with Crippen molar-refractivity contribution in [3.05, 3.63) is 65.2 Å². The Bertz CT molecular complexity index is 873. The zero-order valence-corrected chi connectivity index (χ0v) is 16.3. The zero-order valence-electron chi connectivity index (χ0n) is 15.4. The normalized spacial score (nSPS) is 10.7. The Kier molecular flexibility index (Phi) is 6.74. The summed E-state index contributed by atoms with van der Waals surface area (Å²) in [6.07, 6.45) is 3.95. The molecule has 4 nitrogen and oxygen atoms in total. The number of carbonyl (C=O) groups is 1. The smallest absolute Gasteiger partial charge is 0.243 e. The highest BCUT2D eigenvalue weighted by molar-refractivity contribution is 7.15. The van der Waals surface area contributed by atoms with E-state index in [-0.39, 0.29) is 5.91 Å². The van der Waals surface area contributed by atoms with Crippen LogP contribution in [0.25, 0.3) is 21.7 Å². The van der Waals surface area contributed by atoms with Crippen molar-refractivity contribution in [3.8, 4) is 21.7 Å². The molecule has 140 valence electrons. The van der Waals surface area contributed by atoms with Gasteiger partial charge in [0.15, 0.2) is 0 Å². The number of thiazole rings is 1. The average Bonchev–Trinajstić information content (AvgIpc) is 3.13. The van der Waals surface area contributed by atoms with Gasteiger partial charge >= 0.3 is 0 Å². The molecular formula is C22H24N2O2S. The third-order valence-corrected chi connectivity index (χ3v) is 5.62. The number of aryl methyl sites for hydroxylation is 2. The number of nitrogens with zero attached hydrogens (tertiary/aromatic N) is 1. The van der Waals surface area contributed by atoms with Gasteiger partial charge in [0.25, 0.3) is 0 Å². The maximum atomic E-state index is 11.1. The molecule has 0 aliphatic carbocycles. The van der Waals surface area contributed by atoms with Crippen molar-refractivity contribution >= 4 is 17.2 Å². The van der Waals surface area contributed by atoms with Crippen molar-refractivity contribution in [1.29, 1.82) is 0 Å². The predicted molar refractivity (Wildman–Crippen MR) is 110 cm³/mol. The van der Waals surface area contributed by atoms with Gasteiger partial charge in [0, 0.05) is 12.0 Å². The summed E-state index contributed by atoms with van der Waals surface area (Å²) in [5.74, 6) is -0.322. The maximum Gasteiger partial charge on any atom is 0.243 e. The van der Waals surface area contributed by atoms with E-state index in [9.17, 15) is 4.79 Å². The number of hydroxylamine groups is 1. The van der Waals surface area contributed by atoms with Gasteiger partial charge in [-0.3, -0.25) is 10.0 Å². The van der Waals surface area contributed by atoms with E-state index in [1.807, 2.05) is 18.2 Å². The number of unbranched alkanes of at least 4 members (excludes halogenated alkanes) is 2. The zero-order chi connectivity index (χ0) is 19.1. The molecule has 3 aromatic rings. The Morgan fingerprint density at radius 1 is 1.00 bits per heavy atom. The van der Waals surface area contributed by atoms with E-state index in [4.69, 9.17) is 10.2 Å². The van der Waals surface area contributed by atoms with Gasteiger partial charge in [-0.1, -0.05) is 66.6 Å². The number of rotatable bonds is 8. The summed E-state index contributed by atoms with van der Waals surface area (Å²) in [4.78, 5) is 17.2. The Labute approximate surface area is 163 Å². The van der Waals surface area contributed by atoms with Crippen LogP contribution in [-0.2, 0) is 11.2 Å². The van der Waals surface area contributed by atoms with Gasteiger partial charge in [0.2, 0.25) is 5.91 Å². The fourth-order valence-electron chi connectivity index (χ4n) is 2.96. The maximum absolute atomic E-state index is 11.1. The van der Waals surface area contributed by atoms with Crippen LogP contribution in [0, 0.1) is 6.92 Å². The Balaban J connectivity index is 1.76. The summed E-state index contributed by atoms with van der Waals surface area (Å²) in [5.41, 5.74) is 6.29. The van der Waals surface area contributed by atoms with Gasteiger partial charge < -0.3 is 0 Å². The molecular weight excluding hydrogens is 356 g/mol. The first-order chi connectivity index (χ1) is 13.2. The lowest BCUT2D eigenvalue weighted by Crippen LogP contribution is -2.17. The lowest BCUT2D eigenvalue weighted by Gasteiger charge is -2.03. The Hall–Kier alpha value is -2.50. The first kappa shape index (κ1) is 19.3. The van der Waals surface area contributed by atoms with Crippen LogP contribution in [0.15, 0.2) is 54.6 Å². The van der Waals surface area contributed by atoms with E-state index >= 15 is 0 Å². The third kappa shape index (κ3) is 5.25. The first-order valence-corrected chi connectivity index (χ1v) is 10.0. The van der Waals surface area contributed by atoms with Crippen molar-refractivity contribution in [2.75, 3.05) is 0 Å². The van der Waals surface area contributed by atoms with Gasteiger partial charge in [-0.25, -0.2) is 10.5 Å². The summed E-state index contributed by atoms with van der Waals surface area (Å²) in [7, 11) is 0. The van der Waals surface area contributed by atoms with E-state index in [1.54, 1.807) is 16.8 Å². The first-order valence-electron chi connectivity index (χ1n) is 9.22. The monoisotopic (exact) mass is 380 g/mol. The largest absolute Gasteiger partial charge is 0.289 e. The molecule has 0 aliphatic rings. The quantitative estimate of drug-likeness (QED) is 0.313. The van der Waals surface area contributed by atoms with Crippen molar-refractivity contribution in [1.82, 2.24) is 10.5 Å². The van der Waals surface area contributed by atoms with Crippen molar-refractivity contribution in [2.24, 2.45) is 0 Å². The molecule has 0 aliphatic heterocycles. The SMILES string of the molecule is Cc1ccc(-c2sc(CCCCCC(=O)NO)nc2-c2ccccc2)cc1. The molecule has 1 heterocycles. The van der Waals surface area contributed by atoms with Crippen LogP contribution in [0.2, 0.25) is 0 Å². The van der Waals surface area contributed by atoms with Gasteiger partial charge in [0.1, 0.15) is 0 Å². The van der Waals surface area contributed by atoms with Crippen molar-refractivity contribution in [3.63, 3.8) is 0 Å². The van der Waals surface area contributed by atoms with E-state index < -0.39 is 0 Å². The van der Waals surface area contributed by atoms with E-state index in [0.29, 0.717) is 6.42 Å². The molecule has 0 unspecified atom stereocenters. The number of amides is 1. The molecule has 27 heavy (non-hydrogen) atoms. The lowest BCUT2D eigenvalue weighted by atomic mass is 10.1. The second-order valence-electron chi connectivity index (χ2n) is 6.61. The van der Waals surface area contributed by atoms with Crippen molar-refractivity contribution < 1.29 is 10.0 Å². The number of aromatic nitrogens is 1. The molecule has 1 amide bonds. The van der Waals surface area contributed by atoms with Crippen molar-refractivity contribution in [2.45, 2.75) is 39.0 Å². The number of hydrogen-bond acceptors (Lipinski definition) is 4. The molecule has 0 saturated heterocycles. The molecule has 1 aromatic heterocycles.